The van der Waals surface area contributed by atoms with Crippen molar-refractivity contribution < 1.29 is 4.92 Å². The first-order valence-corrected chi connectivity index (χ1v) is 10.6. The Balaban J connectivity index is 1.65. The monoisotopic (exact) mass is 393 g/mol. The summed E-state index contributed by atoms with van der Waals surface area (Å²) in [5.41, 5.74) is 3.88. The van der Waals surface area contributed by atoms with E-state index in [1.54, 1.807) is 12.1 Å². The highest BCUT2D eigenvalue weighted by atomic mass is 16.6. The predicted molar refractivity (Wildman–Crippen MR) is 118 cm³/mol. The molecule has 4 rings (SSSR count). The van der Waals surface area contributed by atoms with Crippen molar-refractivity contribution in [1.82, 2.24) is 4.90 Å². The molecule has 0 radical (unpaired) electrons. The minimum Gasteiger partial charge on any atom is -0.336 e. The third kappa shape index (κ3) is 3.88. The van der Waals surface area contributed by atoms with Crippen molar-refractivity contribution in [3.8, 4) is 0 Å². The molecule has 0 saturated carbocycles. The van der Waals surface area contributed by atoms with Crippen LogP contribution in [0.5, 0.6) is 0 Å². The summed E-state index contributed by atoms with van der Waals surface area (Å²) in [6.07, 6.45) is 3.36. The van der Waals surface area contributed by atoms with Gasteiger partial charge in [0.25, 0.3) is 5.69 Å². The lowest BCUT2D eigenvalue weighted by Gasteiger charge is -2.49. The van der Waals surface area contributed by atoms with Crippen molar-refractivity contribution in [2.45, 2.75) is 45.4 Å². The van der Waals surface area contributed by atoms with E-state index in [-0.39, 0.29) is 16.0 Å². The van der Waals surface area contributed by atoms with Gasteiger partial charge in [0.1, 0.15) is 5.69 Å². The molecule has 2 aromatic rings. The Bertz CT molecular complexity index is 895. The molecule has 154 valence electrons. The van der Waals surface area contributed by atoms with Gasteiger partial charge in [0.15, 0.2) is 0 Å². The SMILES string of the molecule is CC(C)(C)CN1CCC2(CC1)CCN(c1ccccc1[N+](=O)[O-])c1ccccc12. The van der Waals surface area contributed by atoms with Gasteiger partial charge in [0, 0.05) is 30.3 Å². The van der Waals surface area contributed by atoms with Crippen molar-refractivity contribution in [3.05, 3.63) is 64.2 Å². The van der Waals surface area contributed by atoms with Gasteiger partial charge >= 0.3 is 0 Å². The van der Waals surface area contributed by atoms with Crippen molar-refractivity contribution in [3.63, 3.8) is 0 Å². The molecule has 0 aliphatic carbocycles. The van der Waals surface area contributed by atoms with Crippen LogP contribution >= 0.6 is 0 Å². The smallest absolute Gasteiger partial charge is 0.292 e. The van der Waals surface area contributed by atoms with Gasteiger partial charge in [-0.1, -0.05) is 51.1 Å². The second-order valence-electron chi connectivity index (χ2n) is 9.78. The molecule has 1 fully saturated rings. The number of para-hydroxylation sites is 3. The first kappa shape index (κ1) is 19.9. The van der Waals surface area contributed by atoms with E-state index < -0.39 is 0 Å². The van der Waals surface area contributed by atoms with E-state index in [1.165, 1.54) is 5.56 Å². The van der Waals surface area contributed by atoms with Crippen LogP contribution in [0.3, 0.4) is 0 Å². The summed E-state index contributed by atoms with van der Waals surface area (Å²) in [6.45, 7) is 11.1. The van der Waals surface area contributed by atoms with E-state index in [4.69, 9.17) is 0 Å². The van der Waals surface area contributed by atoms with Crippen LogP contribution in [0, 0.1) is 15.5 Å². The summed E-state index contributed by atoms with van der Waals surface area (Å²) in [6, 6.07) is 15.7. The van der Waals surface area contributed by atoms with Crippen molar-refractivity contribution in [2.24, 2.45) is 5.41 Å². The van der Waals surface area contributed by atoms with Crippen molar-refractivity contribution in [2.75, 3.05) is 31.1 Å². The minimum absolute atomic E-state index is 0.179. The lowest BCUT2D eigenvalue weighted by Crippen LogP contribution is -2.48. The number of nitrogens with zero attached hydrogens (tertiary/aromatic N) is 3. The summed E-state index contributed by atoms with van der Waals surface area (Å²) in [5, 5.41) is 11.6. The zero-order chi connectivity index (χ0) is 20.6. The number of hydrogen-bond donors (Lipinski definition) is 0. The Kier molecular flexibility index (Phi) is 5.11. The van der Waals surface area contributed by atoms with Crippen molar-refractivity contribution >= 4 is 17.1 Å². The van der Waals surface area contributed by atoms with E-state index in [0.29, 0.717) is 11.1 Å². The number of hydrogen-bond acceptors (Lipinski definition) is 4. The van der Waals surface area contributed by atoms with Crippen LogP contribution in [-0.2, 0) is 5.41 Å². The molecule has 5 nitrogen and oxygen atoms in total. The van der Waals surface area contributed by atoms with Gasteiger partial charge < -0.3 is 9.80 Å². The van der Waals surface area contributed by atoms with Gasteiger partial charge in [-0.3, -0.25) is 10.1 Å². The van der Waals surface area contributed by atoms with E-state index in [0.717, 1.165) is 51.1 Å². The lowest BCUT2D eigenvalue weighted by atomic mass is 9.67. The van der Waals surface area contributed by atoms with Gasteiger partial charge in [-0.25, -0.2) is 0 Å². The highest BCUT2D eigenvalue weighted by Gasteiger charge is 2.42. The summed E-state index contributed by atoms with van der Waals surface area (Å²) < 4.78 is 0. The quantitative estimate of drug-likeness (QED) is 0.509. The Hall–Kier alpha value is -2.40. The van der Waals surface area contributed by atoms with Gasteiger partial charge in [-0.2, -0.15) is 0 Å². The first-order valence-electron chi connectivity index (χ1n) is 10.6. The molecule has 2 heterocycles. The van der Waals surface area contributed by atoms with Gasteiger partial charge in [-0.15, -0.1) is 0 Å². The molecule has 0 unspecified atom stereocenters. The molecule has 1 saturated heterocycles. The van der Waals surface area contributed by atoms with Crippen LogP contribution in [0.2, 0.25) is 0 Å². The molecule has 29 heavy (non-hydrogen) atoms. The Morgan fingerprint density at radius 1 is 0.931 bits per heavy atom. The zero-order valence-corrected chi connectivity index (χ0v) is 17.7. The average molecular weight is 394 g/mol. The van der Waals surface area contributed by atoms with E-state index in [1.807, 2.05) is 18.2 Å². The van der Waals surface area contributed by atoms with Crippen LogP contribution in [0.1, 0.15) is 45.6 Å². The lowest BCUT2D eigenvalue weighted by molar-refractivity contribution is -0.384. The highest BCUT2D eigenvalue weighted by molar-refractivity contribution is 5.75. The van der Waals surface area contributed by atoms with Crippen LogP contribution in [-0.4, -0.2) is 36.0 Å². The second kappa shape index (κ2) is 7.45. The third-order valence-electron chi connectivity index (χ3n) is 6.46. The Labute approximate surface area is 173 Å². The molecule has 0 N–H and O–H groups in total. The zero-order valence-electron chi connectivity index (χ0n) is 17.7. The number of anilines is 2. The number of benzene rings is 2. The molecule has 0 atom stereocenters. The fourth-order valence-electron chi connectivity index (χ4n) is 5.16. The van der Waals surface area contributed by atoms with E-state index in [2.05, 4.69) is 48.8 Å². The van der Waals surface area contributed by atoms with Crippen LogP contribution in [0.4, 0.5) is 17.1 Å². The molecule has 2 aliphatic rings. The molecule has 0 bridgehead atoms. The maximum absolute atomic E-state index is 11.6. The van der Waals surface area contributed by atoms with Gasteiger partial charge in [-0.05, 0) is 55.5 Å². The molecule has 0 aromatic heterocycles. The van der Waals surface area contributed by atoms with Gasteiger partial charge in [0.2, 0.25) is 0 Å². The molecule has 1 spiro atoms. The minimum atomic E-state index is -0.271. The maximum atomic E-state index is 11.6. The highest BCUT2D eigenvalue weighted by Crippen LogP contribution is 2.49. The number of fused-ring (bicyclic) bond motifs is 2. The summed E-state index contributed by atoms with van der Waals surface area (Å²) in [4.78, 5) is 16.1. The summed E-state index contributed by atoms with van der Waals surface area (Å²) in [5.74, 6) is 0. The summed E-state index contributed by atoms with van der Waals surface area (Å²) >= 11 is 0. The fraction of sp³-hybridized carbons (Fsp3) is 0.500. The largest absolute Gasteiger partial charge is 0.336 e. The van der Waals surface area contributed by atoms with Crippen LogP contribution in [0.25, 0.3) is 0 Å². The number of likely N-dealkylation sites (tertiary alicyclic amines) is 1. The first-order chi connectivity index (χ1) is 13.8. The molecule has 0 amide bonds. The predicted octanol–water partition coefficient (Wildman–Crippen LogP) is 5.52. The molecular formula is C24H31N3O2. The molecular weight excluding hydrogens is 362 g/mol. The number of nitro benzene ring substituents is 1. The normalized spacial score (nSPS) is 19.2. The van der Waals surface area contributed by atoms with E-state index in [9.17, 15) is 10.1 Å². The number of piperidine rings is 1. The summed E-state index contributed by atoms with van der Waals surface area (Å²) in [7, 11) is 0. The van der Waals surface area contributed by atoms with Crippen LogP contribution in [0.15, 0.2) is 48.5 Å². The standard InChI is InChI=1S/C24H31N3O2/c1-23(2,3)18-25-15-12-24(13-16-25)14-17-26(20-9-5-4-8-19(20)24)21-10-6-7-11-22(21)27(28)29/h4-11H,12-18H2,1-3H3. The third-order valence-corrected chi connectivity index (χ3v) is 6.46. The second-order valence-corrected chi connectivity index (χ2v) is 9.78. The fourth-order valence-corrected chi connectivity index (χ4v) is 5.16. The molecule has 2 aliphatic heterocycles. The molecule has 2 aromatic carbocycles. The van der Waals surface area contributed by atoms with E-state index >= 15 is 0 Å². The Morgan fingerprint density at radius 3 is 2.17 bits per heavy atom. The van der Waals surface area contributed by atoms with Crippen molar-refractivity contribution in [1.29, 1.82) is 0 Å². The maximum Gasteiger partial charge on any atom is 0.292 e. The van der Waals surface area contributed by atoms with Gasteiger partial charge in [0.05, 0.1) is 4.92 Å². The van der Waals surface area contributed by atoms with Crippen LogP contribution < -0.4 is 4.90 Å². The number of nitro groups is 1. The average Bonchev–Trinajstić information content (AvgIpc) is 2.69. The topological polar surface area (TPSA) is 49.6 Å². The molecule has 5 heteroatoms. The number of rotatable bonds is 3. The Morgan fingerprint density at radius 2 is 1.52 bits per heavy atom.